The third-order valence-corrected chi connectivity index (χ3v) is 3.24. The van der Waals surface area contributed by atoms with Crippen LogP contribution in [0.25, 0.3) is 0 Å². The summed E-state index contributed by atoms with van der Waals surface area (Å²) in [5, 5.41) is 6.18. The largest absolute Gasteiger partial charge is 0.363 e. The summed E-state index contributed by atoms with van der Waals surface area (Å²) < 4.78 is 4.64. The quantitative estimate of drug-likeness (QED) is 0.504. The number of nitrogens with one attached hydrogen (secondary N) is 1. The molecule has 2 amide bonds. The van der Waals surface area contributed by atoms with Crippen LogP contribution in [0.4, 0.5) is 5.82 Å². The molecule has 0 fully saturated rings. The van der Waals surface area contributed by atoms with Crippen LogP contribution in [0.2, 0.25) is 0 Å². The molecule has 1 N–H and O–H groups in total. The van der Waals surface area contributed by atoms with E-state index < -0.39 is 0 Å². The number of carbonyl (C=O) groups excluding carboxylic acids is 2. The molecule has 0 bridgehead atoms. The van der Waals surface area contributed by atoms with E-state index in [1.54, 1.807) is 12.1 Å². The summed E-state index contributed by atoms with van der Waals surface area (Å²) in [5.74, 6) is 0.0253. The molecule has 0 aliphatic rings. The van der Waals surface area contributed by atoms with E-state index in [0.717, 1.165) is 19.3 Å². The maximum atomic E-state index is 12.2. The lowest BCUT2D eigenvalue weighted by Crippen LogP contribution is -2.38. The van der Waals surface area contributed by atoms with Crippen LogP contribution < -0.4 is 5.32 Å². The predicted octanol–water partition coefficient (Wildman–Crippen LogP) is 2.99. The normalized spacial score (nSPS) is 10.2. The molecule has 0 spiro atoms. The van der Waals surface area contributed by atoms with Crippen LogP contribution in [0.1, 0.15) is 45.4 Å². The molecule has 0 saturated carbocycles. The van der Waals surface area contributed by atoms with Crippen LogP contribution in [0.15, 0.2) is 29.5 Å². The Hall–Kier alpha value is -2.11. The van der Waals surface area contributed by atoms with E-state index >= 15 is 0 Å². The molecule has 22 heavy (non-hydrogen) atoms. The zero-order chi connectivity index (χ0) is 16.2. The van der Waals surface area contributed by atoms with Crippen molar-refractivity contribution in [2.75, 3.05) is 18.4 Å². The monoisotopic (exact) mass is 307 g/mol. The number of unbranched alkanes of at least 4 members (excludes halogenated alkanes) is 4. The minimum Gasteiger partial charge on any atom is -0.363 e. The van der Waals surface area contributed by atoms with Crippen molar-refractivity contribution in [3.63, 3.8) is 0 Å². The second-order valence-electron chi connectivity index (χ2n) is 5.16. The lowest BCUT2D eigenvalue weighted by atomic mass is 10.1. The Kier molecular flexibility index (Phi) is 8.64. The van der Waals surface area contributed by atoms with Crippen molar-refractivity contribution in [3.05, 3.63) is 25.0 Å². The Morgan fingerprint density at radius 2 is 2.14 bits per heavy atom. The minimum absolute atomic E-state index is 0.00727. The lowest BCUT2D eigenvalue weighted by molar-refractivity contribution is -0.134. The van der Waals surface area contributed by atoms with Crippen molar-refractivity contribution in [1.82, 2.24) is 10.1 Å². The van der Waals surface area contributed by atoms with E-state index in [2.05, 4.69) is 28.5 Å². The van der Waals surface area contributed by atoms with Crippen LogP contribution in [0.3, 0.4) is 0 Å². The van der Waals surface area contributed by atoms with E-state index in [1.807, 2.05) is 0 Å². The highest BCUT2D eigenvalue weighted by atomic mass is 16.5. The van der Waals surface area contributed by atoms with Crippen LogP contribution in [0.5, 0.6) is 0 Å². The SMILES string of the molecule is C=CCN(CC(=O)Nc1ccon1)C(=O)CCCCCCC. The summed E-state index contributed by atoms with van der Waals surface area (Å²) in [4.78, 5) is 25.6. The topological polar surface area (TPSA) is 75.4 Å². The van der Waals surface area contributed by atoms with Gasteiger partial charge in [-0.05, 0) is 6.42 Å². The second-order valence-corrected chi connectivity index (χ2v) is 5.16. The van der Waals surface area contributed by atoms with Gasteiger partial charge < -0.3 is 14.7 Å². The number of hydrogen-bond donors (Lipinski definition) is 1. The van der Waals surface area contributed by atoms with Gasteiger partial charge >= 0.3 is 0 Å². The highest BCUT2D eigenvalue weighted by Crippen LogP contribution is 2.08. The van der Waals surface area contributed by atoms with Crippen LogP contribution >= 0.6 is 0 Å². The number of nitrogens with zero attached hydrogens (tertiary/aromatic N) is 2. The van der Waals surface area contributed by atoms with Crippen LogP contribution in [0, 0.1) is 0 Å². The first-order valence-corrected chi connectivity index (χ1v) is 7.76. The van der Waals surface area contributed by atoms with Crippen LogP contribution in [-0.2, 0) is 9.59 Å². The molecule has 6 heteroatoms. The first-order valence-electron chi connectivity index (χ1n) is 7.76. The molecule has 122 valence electrons. The Balaban J connectivity index is 2.37. The van der Waals surface area contributed by atoms with Crippen LogP contribution in [-0.4, -0.2) is 35.0 Å². The average molecular weight is 307 g/mol. The van der Waals surface area contributed by atoms with E-state index in [-0.39, 0.29) is 18.4 Å². The summed E-state index contributed by atoms with van der Waals surface area (Å²) in [5.41, 5.74) is 0. The summed E-state index contributed by atoms with van der Waals surface area (Å²) >= 11 is 0. The Morgan fingerprint density at radius 1 is 1.36 bits per heavy atom. The summed E-state index contributed by atoms with van der Waals surface area (Å²) in [6, 6.07) is 1.55. The fourth-order valence-corrected chi connectivity index (χ4v) is 2.08. The maximum Gasteiger partial charge on any atom is 0.245 e. The molecule has 0 saturated heterocycles. The van der Waals surface area contributed by atoms with Gasteiger partial charge in [0.2, 0.25) is 11.8 Å². The third kappa shape index (κ3) is 7.06. The smallest absolute Gasteiger partial charge is 0.245 e. The van der Waals surface area contributed by atoms with Gasteiger partial charge in [-0.25, -0.2) is 0 Å². The number of hydrogen-bond acceptors (Lipinski definition) is 4. The van der Waals surface area contributed by atoms with Crippen molar-refractivity contribution >= 4 is 17.6 Å². The van der Waals surface area contributed by atoms with E-state index in [9.17, 15) is 9.59 Å². The van der Waals surface area contributed by atoms with E-state index in [4.69, 9.17) is 0 Å². The fraction of sp³-hybridized carbons (Fsp3) is 0.562. The molecule has 0 radical (unpaired) electrons. The van der Waals surface area contributed by atoms with Crippen molar-refractivity contribution in [2.24, 2.45) is 0 Å². The Morgan fingerprint density at radius 3 is 2.77 bits per heavy atom. The molecule has 0 unspecified atom stereocenters. The number of rotatable bonds is 11. The van der Waals surface area contributed by atoms with Gasteiger partial charge in [0.05, 0.1) is 0 Å². The molecule has 0 aliphatic heterocycles. The molecular formula is C16H25N3O3. The highest BCUT2D eigenvalue weighted by molar-refractivity contribution is 5.93. The number of anilines is 1. The van der Waals surface area contributed by atoms with Gasteiger partial charge in [-0.2, -0.15) is 0 Å². The van der Waals surface area contributed by atoms with Gasteiger partial charge in [-0.1, -0.05) is 43.8 Å². The van der Waals surface area contributed by atoms with Crippen molar-refractivity contribution < 1.29 is 14.1 Å². The molecular weight excluding hydrogens is 282 g/mol. The first kappa shape index (κ1) is 17.9. The second kappa shape index (κ2) is 10.6. The molecule has 0 aromatic carbocycles. The third-order valence-electron chi connectivity index (χ3n) is 3.24. The average Bonchev–Trinajstić information content (AvgIpc) is 2.99. The standard InChI is InChI=1S/C16H25N3O3/c1-3-5-6-7-8-9-16(21)19(11-4-2)13-15(20)17-14-10-12-22-18-14/h4,10,12H,2-3,5-9,11,13H2,1H3,(H,17,18,20). The first-order chi connectivity index (χ1) is 10.7. The number of carbonyl (C=O) groups is 2. The molecule has 0 atom stereocenters. The molecule has 0 aliphatic carbocycles. The van der Waals surface area contributed by atoms with E-state index in [1.165, 1.54) is 24.0 Å². The van der Waals surface area contributed by atoms with Gasteiger partial charge in [0.1, 0.15) is 12.8 Å². The molecule has 6 nitrogen and oxygen atoms in total. The Labute approximate surface area is 131 Å². The van der Waals surface area contributed by atoms with E-state index in [0.29, 0.717) is 18.8 Å². The minimum atomic E-state index is -0.296. The predicted molar refractivity (Wildman–Crippen MR) is 85.3 cm³/mol. The van der Waals surface area contributed by atoms with Gasteiger partial charge in [0, 0.05) is 19.0 Å². The zero-order valence-corrected chi connectivity index (χ0v) is 13.2. The highest BCUT2D eigenvalue weighted by Gasteiger charge is 2.16. The zero-order valence-electron chi connectivity index (χ0n) is 13.2. The summed E-state index contributed by atoms with van der Waals surface area (Å²) in [6.07, 6.45) is 8.90. The van der Waals surface area contributed by atoms with Gasteiger partial charge in [-0.3, -0.25) is 9.59 Å². The number of amides is 2. The number of aromatic nitrogens is 1. The van der Waals surface area contributed by atoms with Gasteiger partial charge in [0.25, 0.3) is 0 Å². The summed E-state index contributed by atoms with van der Waals surface area (Å²) in [6.45, 7) is 6.14. The van der Waals surface area contributed by atoms with Crippen molar-refractivity contribution in [3.8, 4) is 0 Å². The molecule has 1 heterocycles. The fourth-order valence-electron chi connectivity index (χ4n) is 2.08. The molecule has 1 rings (SSSR count). The van der Waals surface area contributed by atoms with Crippen molar-refractivity contribution in [1.29, 1.82) is 0 Å². The Bertz CT molecular complexity index is 457. The molecule has 1 aromatic heterocycles. The van der Waals surface area contributed by atoms with Gasteiger partial charge in [0.15, 0.2) is 5.82 Å². The van der Waals surface area contributed by atoms with Gasteiger partial charge in [-0.15, -0.1) is 6.58 Å². The van der Waals surface area contributed by atoms with Crippen molar-refractivity contribution in [2.45, 2.75) is 45.4 Å². The summed E-state index contributed by atoms with van der Waals surface area (Å²) in [7, 11) is 0. The maximum absolute atomic E-state index is 12.2. The lowest BCUT2D eigenvalue weighted by Gasteiger charge is -2.20. The molecule has 1 aromatic rings.